The van der Waals surface area contributed by atoms with Gasteiger partial charge in [0.05, 0.1) is 7.11 Å². The van der Waals surface area contributed by atoms with Gasteiger partial charge in [-0.2, -0.15) is 0 Å². The lowest BCUT2D eigenvalue weighted by Crippen LogP contribution is -2.69. The maximum atomic E-state index is 12.0. The van der Waals surface area contributed by atoms with E-state index >= 15 is 0 Å². The zero-order valence-electron chi connectivity index (χ0n) is 14.8. The van der Waals surface area contributed by atoms with Crippen molar-refractivity contribution in [2.45, 2.75) is 38.1 Å². The van der Waals surface area contributed by atoms with Crippen LogP contribution in [0.5, 0.6) is 0 Å². The minimum Gasteiger partial charge on any atom is -0.466 e. The van der Waals surface area contributed by atoms with Crippen LogP contribution in [0.25, 0.3) is 0 Å². The molecule has 0 aromatic heterocycles. The van der Waals surface area contributed by atoms with E-state index in [4.69, 9.17) is 10.5 Å². The number of nitrogens with two attached hydrogens (primary N) is 1. The number of amides is 1. The summed E-state index contributed by atoms with van der Waals surface area (Å²) in [4.78, 5) is 35.7. The van der Waals surface area contributed by atoms with Crippen molar-refractivity contribution in [2.24, 2.45) is 5.73 Å². The van der Waals surface area contributed by atoms with E-state index in [1.54, 1.807) is 30.3 Å². The number of carbonyl (C=O) groups excluding carboxylic acids is 3. The van der Waals surface area contributed by atoms with Crippen LogP contribution < -0.4 is 11.1 Å². The summed E-state index contributed by atoms with van der Waals surface area (Å²) in [6.07, 6.45) is 0.310. The number of methoxy groups -OCH3 is 1. The van der Waals surface area contributed by atoms with Crippen molar-refractivity contribution in [1.82, 2.24) is 5.32 Å². The minimum absolute atomic E-state index is 0.0574. The Labute approximate surface area is 152 Å². The Bertz CT molecular complexity index is 646. The number of hydrogen-bond acceptors (Lipinski definition) is 7. The number of aliphatic hydroxyl groups excluding tert-OH is 1. The third-order valence-electron chi connectivity index (χ3n) is 3.50. The van der Waals surface area contributed by atoms with Crippen molar-refractivity contribution in [2.75, 3.05) is 7.11 Å². The highest BCUT2D eigenvalue weighted by atomic mass is 16.6. The van der Waals surface area contributed by atoms with Gasteiger partial charge in [0, 0.05) is 6.42 Å². The number of aliphatic hydroxyl groups is 1. The minimum atomic E-state index is -2.32. The zero-order chi connectivity index (χ0) is 19.6. The number of allylic oxidation sites excluding steroid dienone is 2. The molecule has 0 radical (unpaired) electrons. The van der Waals surface area contributed by atoms with Gasteiger partial charge in [0.25, 0.3) is 0 Å². The van der Waals surface area contributed by atoms with E-state index in [1.165, 1.54) is 6.08 Å². The fraction of sp³-hybridized carbons (Fsp3) is 0.389. The van der Waals surface area contributed by atoms with E-state index < -0.39 is 36.0 Å². The molecule has 0 saturated carbocycles. The van der Waals surface area contributed by atoms with Gasteiger partial charge in [-0.15, -0.1) is 0 Å². The zero-order valence-corrected chi connectivity index (χ0v) is 14.8. The first-order chi connectivity index (χ1) is 12.3. The van der Waals surface area contributed by atoms with Crippen LogP contribution in [-0.2, 0) is 25.7 Å². The van der Waals surface area contributed by atoms with Crippen LogP contribution in [0.3, 0.4) is 0 Å². The second-order valence-corrected chi connectivity index (χ2v) is 5.54. The van der Waals surface area contributed by atoms with Gasteiger partial charge in [-0.1, -0.05) is 43.3 Å². The molecule has 0 fully saturated rings. The quantitative estimate of drug-likeness (QED) is 0.339. The van der Waals surface area contributed by atoms with Gasteiger partial charge in [0.2, 0.25) is 5.66 Å². The molecule has 0 aliphatic carbocycles. The number of benzene rings is 1. The summed E-state index contributed by atoms with van der Waals surface area (Å²) in [6.45, 7) is 1.78. The Hall–Kier alpha value is -2.71. The monoisotopic (exact) mass is 364 g/mol. The van der Waals surface area contributed by atoms with Crippen molar-refractivity contribution in [3.8, 4) is 0 Å². The predicted molar refractivity (Wildman–Crippen MR) is 93.8 cm³/mol. The Balaban J connectivity index is 2.77. The number of esters is 1. The number of ether oxygens (including phenoxy) is 2. The fourth-order valence-electron chi connectivity index (χ4n) is 2.04. The van der Waals surface area contributed by atoms with Gasteiger partial charge in [-0.3, -0.25) is 15.8 Å². The van der Waals surface area contributed by atoms with E-state index in [-0.39, 0.29) is 6.61 Å². The topological polar surface area (TPSA) is 128 Å². The SMILES string of the molecule is CCC=CC(=O)C[C@@H](O)[C@](N)(NC(=O)OCc1ccccc1)C(=O)OC. The van der Waals surface area contributed by atoms with Crippen molar-refractivity contribution >= 4 is 17.8 Å². The Morgan fingerprint density at radius 3 is 2.54 bits per heavy atom. The molecule has 26 heavy (non-hydrogen) atoms. The third-order valence-corrected chi connectivity index (χ3v) is 3.50. The molecule has 8 heteroatoms. The molecule has 0 spiro atoms. The molecule has 1 rings (SSSR count). The van der Waals surface area contributed by atoms with Crippen LogP contribution >= 0.6 is 0 Å². The number of alkyl carbamates (subject to hydrolysis) is 1. The van der Waals surface area contributed by atoms with Crippen LogP contribution in [-0.4, -0.2) is 41.8 Å². The van der Waals surface area contributed by atoms with Gasteiger partial charge in [0.15, 0.2) is 5.78 Å². The molecule has 142 valence electrons. The van der Waals surface area contributed by atoms with Crippen molar-refractivity contribution in [3.05, 3.63) is 48.0 Å². The molecule has 0 unspecified atom stereocenters. The molecule has 0 heterocycles. The van der Waals surface area contributed by atoms with Crippen LogP contribution in [0.2, 0.25) is 0 Å². The van der Waals surface area contributed by atoms with Gasteiger partial charge in [-0.25, -0.2) is 9.59 Å². The summed E-state index contributed by atoms with van der Waals surface area (Å²) in [5, 5.41) is 12.3. The van der Waals surface area contributed by atoms with Crippen LogP contribution in [0.4, 0.5) is 4.79 Å². The molecule has 4 N–H and O–H groups in total. The Morgan fingerprint density at radius 2 is 1.96 bits per heavy atom. The molecule has 1 amide bonds. The number of rotatable bonds is 9. The average molecular weight is 364 g/mol. The number of ketones is 1. The van der Waals surface area contributed by atoms with Crippen LogP contribution in [0.15, 0.2) is 42.5 Å². The van der Waals surface area contributed by atoms with Crippen molar-refractivity contribution < 1.29 is 29.0 Å². The lowest BCUT2D eigenvalue weighted by Gasteiger charge is -2.31. The molecule has 0 aliphatic heterocycles. The summed E-state index contributed by atoms with van der Waals surface area (Å²) in [5.74, 6) is -1.55. The summed E-state index contributed by atoms with van der Waals surface area (Å²) < 4.78 is 9.53. The molecular formula is C18H24N2O6. The number of carbonyl (C=O) groups is 3. The summed E-state index contributed by atoms with van der Waals surface area (Å²) in [7, 11) is 1.05. The highest BCUT2D eigenvalue weighted by Gasteiger charge is 2.45. The molecule has 0 bridgehead atoms. The third kappa shape index (κ3) is 6.30. The van der Waals surface area contributed by atoms with E-state index in [1.807, 2.05) is 13.0 Å². The Morgan fingerprint density at radius 1 is 1.31 bits per heavy atom. The lowest BCUT2D eigenvalue weighted by molar-refractivity contribution is -0.154. The first kappa shape index (κ1) is 21.3. The van der Waals surface area contributed by atoms with Crippen LogP contribution in [0.1, 0.15) is 25.3 Å². The molecule has 1 aromatic carbocycles. The summed E-state index contributed by atoms with van der Waals surface area (Å²) in [6, 6.07) is 8.86. The second-order valence-electron chi connectivity index (χ2n) is 5.54. The maximum absolute atomic E-state index is 12.0. The Kier molecular flexibility index (Phi) is 8.47. The second kappa shape index (κ2) is 10.3. The van der Waals surface area contributed by atoms with Gasteiger partial charge in [-0.05, 0) is 18.1 Å². The molecule has 2 atom stereocenters. The highest BCUT2D eigenvalue weighted by Crippen LogP contribution is 2.12. The standard InChI is InChI=1S/C18H24N2O6/c1-3-4-10-14(21)11-15(22)18(19,16(23)25-2)20-17(24)26-12-13-8-6-5-7-9-13/h4-10,15,22H,3,11-12,19H2,1-2H3,(H,20,24)/t15-,18+/m1/s1. The van der Waals surface area contributed by atoms with Gasteiger partial charge < -0.3 is 14.6 Å². The molecule has 8 nitrogen and oxygen atoms in total. The lowest BCUT2D eigenvalue weighted by atomic mass is 9.98. The van der Waals surface area contributed by atoms with Gasteiger partial charge in [0.1, 0.15) is 12.7 Å². The predicted octanol–water partition coefficient (Wildman–Crippen LogP) is 1.03. The molecular weight excluding hydrogens is 340 g/mol. The highest BCUT2D eigenvalue weighted by molar-refractivity contribution is 5.92. The van der Waals surface area contributed by atoms with Crippen molar-refractivity contribution in [3.63, 3.8) is 0 Å². The smallest absolute Gasteiger partial charge is 0.409 e. The largest absolute Gasteiger partial charge is 0.466 e. The van der Waals surface area contributed by atoms with Crippen LogP contribution in [0, 0.1) is 0 Å². The summed E-state index contributed by atoms with van der Waals surface area (Å²) >= 11 is 0. The normalized spacial score (nSPS) is 14.3. The first-order valence-electron chi connectivity index (χ1n) is 8.07. The van der Waals surface area contributed by atoms with Gasteiger partial charge >= 0.3 is 12.1 Å². The molecule has 0 aliphatic rings. The van der Waals surface area contributed by atoms with E-state index in [9.17, 15) is 19.5 Å². The number of hydrogen-bond donors (Lipinski definition) is 3. The van der Waals surface area contributed by atoms with E-state index in [2.05, 4.69) is 10.1 Å². The maximum Gasteiger partial charge on any atom is 0.409 e. The van der Waals surface area contributed by atoms with Crippen molar-refractivity contribution in [1.29, 1.82) is 0 Å². The number of nitrogens with one attached hydrogen (secondary N) is 1. The van der Waals surface area contributed by atoms with E-state index in [0.29, 0.717) is 6.42 Å². The van der Waals surface area contributed by atoms with E-state index in [0.717, 1.165) is 12.7 Å². The first-order valence-corrected chi connectivity index (χ1v) is 8.07. The average Bonchev–Trinajstić information content (AvgIpc) is 2.64. The molecule has 0 saturated heterocycles. The summed E-state index contributed by atoms with van der Waals surface area (Å²) in [5.41, 5.74) is 4.23. The molecule has 1 aromatic rings. The fourth-order valence-corrected chi connectivity index (χ4v) is 2.04.